The molecule has 3 aromatic rings. The predicted molar refractivity (Wildman–Crippen MR) is 164 cm³/mol. The summed E-state index contributed by atoms with van der Waals surface area (Å²) in [5, 5.41) is 2.12. The van der Waals surface area contributed by atoms with Gasteiger partial charge in [-0.1, -0.05) is 68.1 Å². The van der Waals surface area contributed by atoms with E-state index >= 15 is 0 Å². The maximum Gasteiger partial charge on any atom is 0.254 e. The number of hydrogen-bond donors (Lipinski definition) is 0. The van der Waals surface area contributed by atoms with Crippen molar-refractivity contribution in [1.29, 1.82) is 0 Å². The van der Waals surface area contributed by atoms with Crippen molar-refractivity contribution in [1.82, 2.24) is 9.80 Å². The van der Waals surface area contributed by atoms with E-state index in [4.69, 9.17) is 4.74 Å². The van der Waals surface area contributed by atoms with Gasteiger partial charge in [-0.15, -0.1) is 11.3 Å². The van der Waals surface area contributed by atoms with Crippen molar-refractivity contribution in [3.63, 3.8) is 0 Å². The lowest BCUT2D eigenvalue weighted by Crippen LogP contribution is -2.47. The zero-order chi connectivity index (χ0) is 28.3. The molecule has 0 saturated heterocycles. The quantitative estimate of drug-likeness (QED) is 0.196. The number of unbranched alkanes of at least 4 members (excludes halogenated alkanes) is 3. The van der Waals surface area contributed by atoms with Crippen LogP contribution in [0.15, 0.2) is 60.0 Å². The molecule has 1 aromatic heterocycles. The van der Waals surface area contributed by atoms with Crippen LogP contribution >= 0.6 is 11.3 Å². The number of carbonyl (C=O) groups excluding carboxylic acids is 2. The van der Waals surface area contributed by atoms with E-state index in [1.807, 2.05) is 24.0 Å². The molecule has 1 atom stereocenters. The van der Waals surface area contributed by atoms with Crippen LogP contribution in [0, 0.1) is 6.92 Å². The first-order valence-electron chi connectivity index (χ1n) is 14.9. The molecule has 2 aromatic carbocycles. The maximum absolute atomic E-state index is 13.9. The molecule has 0 unspecified atom stereocenters. The van der Waals surface area contributed by atoms with Crippen molar-refractivity contribution in [3.05, 3.63) is 92.7 Å². The van der Waals surface area contributed by atoms with Crippen molar-refractivity contribution in [2.45, 2.75) is 71.8 Å². The number of nitrogens with zero attached hydrogens (tertiary/aromatic N) is 2. The summed E-state index contributed by atoms with van der Waals surface area (Å²) in [6, 6.07) is 18.5. The minimum absolute atomic E-state index is 0.0141. The van der Waals surface area contributed by atoms with Gasteiger partial charge < -0.3 is 14.5 Å². The fourth-order valence-corrected chi connectivity index (χ4v) is 6.36. The molecule has 0 bridgehead atoms. The van der Waals surface area contributed by atoms with Crippen molar-refractivity contribution in [3.8, 4) is 0 Å². The lowest BCUT2D eigenvalue weighted by Gasteiger charge is -2.37. The molecule has 4 rings (SSSR count). The van der Waals surface area contributed by atoms with Gasteiger partial charge in [0, 0.05) is 36.7 Å². The number of carbonyl (C=O) groups is 2. The summed E-state index contributed by atoms with van der Waals surface area (Å²) in [4.78, 5) is 32.7. The molecule has 0 aliphatic carbocycles. The number of ether oxygens (including phenoxy) is 1. The van der Waals surface area contributed by atoms with Crippen LogP contribution in [-0.4, -0.2) is 54.5 Å². The summed E-state index contributed by atoms with van der Waals surface area (Å²) in [6.45, 7) is 8.67. The Morgan fingerprint density at radius 1 is 0.975 bits per heavy atom. The number of aryl methyl sites for hydroxylation is 2. The van der Waals surface area contributed by atoms with Gasteiger partial charge in [-0.05, 0) is 79.8 Å². The predicted octanol–water partition coefficient (Wildman–Crippen LogP) is 7.22. The third-order valence-corrected chi connectivity index (χ3v) is 8.73. The SMILES string of the molecule is CCCCCCc1ccc(C(=O)N(CCCOCC)CC(=O)N2CCc3sccc3[C@@H]2c2ccc(C)cc2)cc1. The Kier molecular flexibility index (Phi) is 11.4. The summed E-state index contributed by atoms with van der Waals surface area (Å²) in [5.41, 5.74) is 5.41. The van der Waals surface area contributed by atoms with E-state index in [-0.39, 0.29) is 24.4 Å². The number of fused-ring (bicyclic) bond motifs is 1. The van der Waals surface area contributed by atoms with Crippen LogP contribution in [-0.2, 0) is 22.4 Å². The molecule has 214 valence electrons. The van der Waals surface area contributed by atoms with Crippen molar-refractivity contribution >= 4 is 23.2 Å². The second kappa shape index (κ2) is 15.2. The Morgan fingerprint density at radius 3 is 2.48 bits per heavy atom. The van der Waals surface area contributed by atoms with Crippen molar-refractivity contribution < 1.29 is 14.3 Å². The third-order valence-electron chi connectivity index (χ3n) is 7.73. The molecule has 0 saturated carbocycles. The molecule has 0 fully saturated rings. The maximum atomic E-state index is 13.9. The van der Waals surface area contributed by atoms with Gasteiger partial charge in [0.2, 0.25) is 5.91 Å². The first-order chi connectivity index (χ1) is 19.5. The summed E-state index contributed by atoms with van der Waals surface area (Å²) < 4.78 is 5.54. The molecule has 2 amide bonds. The molecule has 0 spiro atoms. The molecule has 0 radical (unpaired) electrons. The van der Waals surface area contributed by atoms with Gasteiger partial charge in [-0.25, -0.2) is 0 Å². The van der Waals surface area contributed by atoms with E-state index in [9.17, 15) is 9.59 Å². The van der Waals surface area contributed by atoms with Crippen LogP contribution in [0.2, 0.25) is 0 Å². The Bertz CT molecular complexity index is 1220. The van der Waals surface area contributed by atoms with Gasteiger partial charge >= 0.3 is 0 Å². The second-order valence-electron chi connectivity index (χ2n) is 10.7. The van der Waals surface area contributed by atoms with Gasteiger partial charge in [-0.3, -0.25) is 9.59 Å². The van der Waals surface area contributed by atoms with Crippen molar-refractivity contribution in [2.24, 2.45) is 0 Å². The van der Waals surface area contributed by atoms with Crippen LogP contribution < -0.4 is 0 Å². The van der Waals surface area contributed by atoms with Crippen molar-refractivity contribution in [2.75, 3.05) is 32.8 Å². The standard InChI is InChI=1S/C34H44N2O3S/c1-4-6-7-8-10-27-13-17-29(18-14-27)34(38)35(21-9-23-39-5-2)25-32(37)36-22-19-31-30(20-24-40-31)33(36)28-15-11-26(3)12-16-28/h11-18,20,24,33H,4-10,19,21-23,25H2,1-3H3/t33-/m0/s1. The zero-order valence-corrected chi connectivity index (χ0v) is 25.2. The first kappa shape index (κ1) is 30.0. The molecular weight excluding hydrogens is 516 g/mol. The highest BCUT2D eigenvalue weighted by Crippen LogP contribution is 2.38. The largest absolute Gasteiger partial charge is 0.382 e. The minimum Gasteiger partial charge on any atom is -0.382 e. The number of hydrogen-bond acceptors (Lipinski definition) is 4. The van der Waals surface area contributed by atoms with Crippen LogP contribution in [0.3, 0.4) is 0 Å². The molecule has 1 aliphatic rings. The smallest absolute Gasteiger partial charge is 0.254 e. The zero-order valence-electron chi connectivity index (χ0n) is 24.4. The monoisotopic (exact) mass is 560 g/mol. The number of thiophene rings is 1. The van der Waals surface area contributed by atoms with Gasteiger partial charge in [0.25, 0.3) is 5.91 Å². The first-order valence-corrected chi connectivity index (χ1v) is 15.8. The summed E-state index contributed by atoms with van der Waals surface area (Å²) in [7, 11) is 0. The topological polar surface area (TPSA) is 49.9 Å². The Labute approximate surface area is 244 Å². The number of rotatable bonds is 14. The van der Waals surface area contributed by atoms with E-state index in [1.54, 1.807) is 16.2 Å². The van der Waals surface area contributed by atoms with E-state index < -0.39 is 0 Å². The van der Waals surface area contributed by atoms with Crippen LogP contribution in [0.5, 0.6) is 0 Å². The van der Waals surface area contributed by atoms with E-state index in [1.165, 1.54) is 47.3 Å². The van der Waals surface area contributed by atoms with Crippen LogP contribution in [0.1, 0.15) is 89.5 Å². The van der Waals surface area contributed by atoms with Crippen LogP contribution in [0.4, 0.5) is 0 Å². The summed E-state index contributed by atoms with van der Waals surface area (Å²) in [5.74, 6) is -0.109. The van der Waals surface area contributed by atoms with Gasteiger partial charge in [0.05, 0.1) is 6.04 Å². The van der Waals surface area contributed by atoms with Gasteiger partial charge in [0.15, 0.2) is 0 Å². The Hall–Kier alpha value is -2.96. The second-order valence-corrected chi connectivity index (χ2v) is 11.7. The Balaban J connectivity index is 1.51. The average molecular weight is 561 g/mol. The molecule has 2 heterocycles. The molecule has 5 nitrogen and oxygen atoms in total. The average Bonchev–Trinajstić information content (AvgIpc) is 3.46. The fourth-order valence-electron chi connectivity index (χ4n) is 5.45. The molecular formula is C34H44N2O3S. The molecule has 1 aliphatic heterocycles. The highest BCUT2D eigenvalue weighted by atomic mass is 32.1. The highest BCUT2D eigenvalue weighted by molar-refractivity contribution is 7.10. The molecule has 40 heavy (non-hydrogen) atoms. The van der Waals surface area contributed by atoms with E-state index in [2.05, 4.69) is 61.7 Å². The van der Waals surface area contributed by atoms with E-state index in [0.717, 1.165) is 18.4 Å². The third kappa shape index (κ3) is 7.82. The Morgan fingerprint density at radius 2 is 1.75 bits per heavy atom. The van der Waals surface area contributed by atoms with Gasteiger partial charge in [0.1, 0.15) is 6.54 Å². The fraction of sp³-hybridized carbons (Fsp3) is 0.471. The summed E-state index contributed by atoms with van der Waals surface area (Å²) >= 11 is 1.76. The lowest BCUT2D eigenvalue weighted by molar-refractivity contribution is -0.134. The van der Waals surface area contributed by atoms with E-state index in [0.29, 0.717) is 38.3 Å². The number of amides is 2. The normalized spacial score (nSPS) is 14.7. The van der Waals surface area contributed by atoms with Gasteiger partial charge in [-0.2, -0.15) is 0 Å². The lowest BCUT2D eigenvalue weighted by atomic mass is 9.92. The van der Waals surface area contributed by atoms with Crippen LogP contribution in [0.25, 0.3) is 0 Å². The summed E-state index contributed by atoms with van der Waals surface area (Å²) in [6.07, 6.45) is 7.46. The highest BCUT2D eigenvalue weighted by Gasteiger charge is 2.34. The number of benzene rings is 2. The molecule has 6 heteroatoms. The molecule has 0 N–H and O–H groups in total. The minimum atomic E-state index is -0.129.